The van der Waals surface area contributed by atoms with Crippen LogP contribution in [0.25, 0.3) is 11.3 Å². The number of thiazole rings is 1. The Hall–Kier alpha value is -3.49. The highest BCUT2D eigenvalue weighted by molar-refractivity contribution is 7.99. The zero-order valence-corrected chi connectivity index (χ0v) is 18.2. The van der Waals surface area contributed by atoms with Crippen molar-refractivity contribution in [2.75, 3.05) is 5.43 Å². The van der Waals surface area contributed by atoms with Gasteiger partial charge in [-0.1, -0.05) is 59.8 Å². The van der Waals surface area contributed by atoms with Crippen LogP contribution in [0.1, 0.15) is 11.1 Å². The van der Waals surface area contributed by atoms with Crippen LogP contribution in [-0.4, -0.2) is 16.1 Å². The number of anilines is 1. The highest BCUT2D eigenvalue weighted by Crippen LogP contribution is 2.32. The maximum Gasteiger partial charge on any atom is 0.270 e. The van der Waals surface area contributed by atoms with Crippen LogP contribution in [0.15, 0.2) is 93.1 Å². The molecule has 1 aromatic heterocycles. The van der Waals surface area contributed by atoms with Gasteiger partial charge in [-0.25, -0.2) is 4.98 Å². The first-order valence-electron chi connectivity index (χ1n) is 9.41. The van der Waals surface area contributed by atoms with E-state index in [1.807, 2.05) is 66.9 Å². The number of hydrogen-bond acceptors (Lipinski definition) is 7. The van der Waals surface area contributed by atoms with E-state index in [1.54, 1.807) is 12.3 Å². The second-order valence-electron chi connectivity index (χ2n) is 6.67. The molecule has 0 aliphatic rings. The summed E-state index contributed by atoms with van der Waals surface area (Å²) in [5.41, 5.74) is 6.69. The van der Waals surface area contributed by atoms with Gasteiger partial charge in [0.05, 0.1) is 16.8 Å². The Bertz CT molecular complexity index is 1220. The molecule has 4 rings (SSSR count). The number of benzene rings is 3. The summed E-state index contributed by atoms with van der Waals surface area (Å²) < 4.78 is 0. The number of hydrazone groups is 1. The molecule has 0 saturated heterocycles. The Labute approximate surface area is 187 Å². The van der Waals surface area contributed by atoms with E-state index >= 15 is 0 Å². The molecular weight excluding hydrogens is 428 g/mol. The Balaban J connectivity index is 1.54. The number of nitro groups is 1. The Morgan fingerprint density at radius 2 is 1.87 bits per heavy atom. The van der Waals surface area contributed by atoms with Crippen LogP contribution in [0.4, 0.5) is 10.8 Å². The third-order valence-electron chi connectivity index (χ3n) is 4.39. The molecule has 0 saturated carbocycles. The van der Waals surface area contributed by atoms with E-state index in [0.717, 1.165) is 21.0 Å². The minimum absolute atomic E-state index is 0.0234. The zero-order chi connectivity index (χ0) is 21.6. The molecule has 154 valence electrons. The number of nitrogens with zero attached hydrogens (tertiary/aromatic N) is 3. The average Bonchev–Trinajstić information content (AvgIpc) is 3.26. The summed E-state index contributed by atoms with van der Waals surface area (Å²) >= 11 is 2.98. The van der Waals surface area contributed by atoms with E-state index in [1.165, 1.54) is 40.8 Å². The smallest absolute Gasteiger partial charge is 0.258 e. The molecular formula is C23H18N4O2S2. The molecule has 8 heteroatoms. The lowest BCUT2D eigenvalue weighted by Crippen LogP contribution is -1.95. The van der Waals surface area contributed by atoms with Crippen LogP contribution in [0, 0.1) is 17.0 Å². The first-order valence-corrected chi connectivity index (χ1v) is 11.1. The van der Waals surface area contributed by atoms with Crippen molar-refractivity contribution in [1.29, 1.82) is 0 Å². The molecule has 3 aromatic carbocycles. The van der Waals surface area contributed by atoms with Gasteiger partial charge in [0.15, 0.2) is 0 Å². The molecule has 0 radical (unpaired) electrons. The van der Waals surface area contributed by atoms with E-state index in [0.29, 0.717) is 10.7 Å². The van der Waals surface area contributed by atoms with Crippen molar-refractivity contribution in [2.45, 2.75) is 16.7 Å². The minimum atomic E-state index is -0.405. The molecule has 0 atom stereocenters. The summed E-state index contributed by atoms with van der Waals surface area (Å²) in [6.45, 7) is 2.03. The fourth-order valence-electron chi connectivity index (χ4n) is 2.80. The van der Waals surface area contributed by atoms with Crippen molar-refractivity contribution in [3.8, 4) is 11.3 Å². The van der Waals surface area contributed by atoms with Crippen molar-refractivity contribution >= 4 is 40.1 Å². The third-order valence-corrected chi connectivity index (χ3v) is 6.24. The van der Waals surface area contributed by atoms with Crippen LogP contribution < -0.4 is 5.43 Å². The van der Waals surface area contributed by atoms with Crippen molar-refractivity contribution < 1.29 is 4.92 Å². The molecule has 0 bridgehead atoms. The van der Waals surface area contributed by atoms with Gasteiger partial charge < -0.3 is 0 Å². The van der Waals surface area contributed by atoms with Gasteiger partial charge in [-0.15, -0.1) is 11.3 Å². The van der Waals surface area contributed by atoms with Crippen LogP contribution >= 0.6 is 23.1 Å². The molecule has 1 heterocycles. The molecule has 0 aliphatic carbocycles. The normalized spacial score (nSPS) is 11.0. The largest absolute Gasteiger partial charge is 0.270 e. The molecule has 6 nitrogen and oxygen atoms in total. The van der Waals surface area contributed by atoms with Crippen molar-refractivity contribution in [2.24, 2.45) is 5.10 Å². The fourth-order valence-corrected chi connectivity index (χ4v) is 4.36. The SMILES string of the molecule is Cc1ccc(Sc2ccc([N+](=O)[O-])cc2C=NNc2nc(-c3ccccc3)cs2)cc1. The molecule has 0 spiro atoms. The summed E-state index contributed by atoms with van der Waals surface area (Å²) in [6.07, 6.45) is 1.59. The van der Waals surface area contributed by atoms with Gasteiger partial charge in [0.2, 0.25) is 5.13 Å². The standard InChI is InChI=1S/C23H18N4O2S2/c1-16-7-10-20(11-8-16)31-22-12-9-19(27(28)29)13-18(22)14-24-26-23-25-21(15-30-23)17-5-3-2-4-6-17/h2-15H,1H3,(H,25,26). The first kappa shape index (κ1) is 20.8. The molecule has 0 unspecified atom stereocenters. The van der Waals surface area contributed by atoms with Crippen molar-refractivity contribution in [3.63, 3.8) is 0 Å². The lowest BCUT2D eigenvalue weighted by molar-refractivity contribution is -0.384. The minimum Gasteiger partial charge on any atom is -0.258 e. The topological polar surface area (TPSA) is 80.4 Å². The van der Waals surface area contributed by atoms with Crippen molar-refractivity contribution in [1.82, 2.24) is 4.98 Å². The lowest BCUT2D eigenvalue weighted by atomic mass is 10.2. The van der Waals surface area contributed by atoms with Gasteiger partial charge in [-0.3, -0.25) is 15.5 Å². The lowest BCUT2D eigenvalue weighted by Gasteiger charge is -2.06. The van der Waals surface area contributed by atoms with Gasteiger partial charge in [-0.05, 0) is 25.1 Å². The van der Waals surface area contributed by atoms with E-state index in [-0.39, 0.29) is 5.69 Å². The second kappa shape index (κ2) is 9.55. The molecule has 1 N–H and O–H groups in total. The number of nitrogens with one attached hydrogen (secondary N) is 1. The molecule has 0 amide bonds. The predicted octanol–water partition coefficient (Wildman–Crippen LogP) is 6.62. The number of aryl methyl sites for hydroxylation is 1. The molecule has 0 fully saturated rings. The second-order valence-corrected chi connectivity index (χ2v) is 8.64. The van der Waals surface area contributed by atoms with Gasteiger partial charge in [-0.2, -0.15) is 5.10 Å². The Kier molecular flexibility index (Phi) is 6.40. The van der Waals surface area contributed by atoms with Crippen LogP contribution in [0.2, 0.25) is 0 Å². The molecule has 31 heavy (non-hydrogen) atoms. The van der Waals surface area contributed by atoms with Crippen molar-refractivity contribution in [3.05, 3.63) is 99.4 Å². The Morgan fingerprint density at radius 1 is 1.10 bits per heavy atom. The first-order chi connectivity index (χ1) is 15.1. The highest BCUT2D eigenvalue weighted by atomic mass is 32.2. The number of rotatable bonds is 7. The number of non-ortho nitro benzene ring substituents is 1. The van der Waals surface area contributed by atoms with Gasteiger partial charge in [0, 0.05) is 38.4 Å². The average molecular weight is 447 g/mol. The maximum absolute atomic E-state index is 11.2. The highest BCUT2D eigenvalue weighted by Gasteiger charge is 2.11. The van der Waals surface area contributed by atoms with Crippen LogP contribution in [-0.2, 0) is 0 Å². The Morgan fingerprint density at radius 3 is 2.61 bits per heavy atom. The summed E-state index contributed by atoms with van der Waals surface area (Å²) in [7, 11) is 0. The summed E-state index contributed by atoms with van der Waals surface area (Å²) in [6, 6.07) is 22.8. The number of aromatic nitrogens is 1. The van der Waals surface area contributed by atoms with Crippen LogP contribution in [0.3, 0.4) is 0 Å². The molecule has 0 aliphatic heterocycles. The fraction of sp³-hybridized carbons (Fsp3) is 0.0435. The van der Waals surface area contributed by atoms with E-state index in [2.05, 4.69) is 15.5 Å². The third kappa shape index (κ3) is 5.36. The van der Waals surface area contributed by atoms with Gasteiger partial charge in [0.1, 0.15) is 0 Å². The summed E-state index contributed by atoms with van der Waals surface area (Å²) in [4.78, 5) is 17.3. The van der Waals surface area contributed by atoms with E-state index < -0.39 is 4.92 Å². The predicted molar refractivity (Wildman–Crippen MR) is 127 cm³/mol. The summed E-state index contributed by atoms with van der Waals surface area (Å²) in [5, 5.41) is 18.1. The van der Waals surface area contributed by atoms with Gasteiger partial charge in [0.25, 0.3) is 5.69 Å². The number of nitro benzene ring substituents is 1. The van der Waals surface area contributed by atoms with Gasteiger partial charge >= 0.3 is 0 Å². The monoisotopic (exact) mass is 446 g/mol. The van der Waals surface area contributed by atoms with Crippen LogP contribution in [0.5, 0.6) is 0 Å². The summed E-state index contributed by atoms with van der Waals surface area (Å²) in [5.74, 6) is 0. The van der Waals surface area contributed by atoms with E-state index in [4.69, 9.17) is 0 Å². The van der Waals surface area contributed by atoms with E-state index in [9.17, 15) is 10.1 Å². The maximum atomic E-state index is 11.2. The quantitative estimate of drug-likeness (QED) is 0.196. The molecule has 4 aromatic rings. The number of hydrogen-bond donors (Lipinski definition) is 1. The zero-order valence-electron chi connectivity index (χ0n) is 16.6.